The van der Waals surface area contributed by atoms with E-state index in [1.165, 1.54) is 62.6 Å². The van der Waals surface area contributed by atoms with Gasteiger partial charge in [0.15, 0.2) is 11.6 Å². The number of aryl methyl sites for hydroxylation is 1. The van der Waals surface area contributed by atoms with Gasteiger partial charge < -0.3 is 0 Å². The van der Waals surface area contributed by atoms with Crippen molar-refractivity contribution in [3.05, 3.63) is 5.82 Å². The minimum atomic E-state index is 0.190. The van der Waals surface area contributed by atoms with Gasteiger partial charge in [0.25, 0.3) is 0 Å². The molecule has 5 nitrogen and oxygen atoms in total. The molecule has 0 aromatic carbocycles. The normalized spacial score (nSPS) is 46.8. The number of hydrogen-bond donors (Lipinski definition) is 0. The maximum atomic E-state index is 13.6. The van der Waals surface area contributed by atoms with E-state index in [0.29, 0.717) is 18.2 Å². The van der Waals surface area contributed by atoms with Crippen molar-refractivity contribution in [3.63, 3.8) is 0 Å². The van der Waals surface area contributed by atoms with E-state index in [9.17, 15) is 4.79 Å². The summed E-state index contributed by atoms with van der Waals surface area (Å²) in [6, 6.07) is 0. The molecule has 1 aromatic rings. The largest absolute Gasteiger partial charge is 0.297 e. The molecule has 5 aliphatic rings. The maximum Gasteiger partial charge on any atom is 0.171 e. The number of Topliss-reactive ketones (excluding diaryl/α,β-unsaturated/α-hetero) is 1. The molecule has 1 heterocycles. The first kappa shape index (κ1) is 20.4. The maximum absolute atomic E-state index is 13.6. The highest BCUT2D eigenvalue weighted by atomic mass is 16.1. The number of nitrogens with zero attached hydrogens (tertiary/aromatic N) is 4. The van der Waals surface area contributed by atoms with E-state index in [2.05, 4.69) is 29.3 Å². The Kier molecular flexibility index (Phi) is 4.85. The van der Waals surface area contributed by atoms with Gasteiger partial charge in [0.05, 0.1) is 0 Å². The summed E-state index contributed by atoms with van der Waals surface area (Å²) in [4.78, 5) is 15.1. The average molecular weight is 425 g/mol. The predicted octanol–water partition coefficient (Wildman–Crippen LogP) is 5.09. The summed E-state index contributed by atoms with van der Waals surface area (Å²) in [5.74, 6) is 8.41. The molecule has 9 atom stereocenters. The molecule has 0 radical (unpaired) electrons. The van der Waals surface area contributed by atoms with Crippen molar-refractivity contribution in [3.8, 4) is 0 Å². The van der Waals surface area contributed by atoms with Gasteiger partial charge in [-0.15, -0.1) is 10.2 Å². The van der Waals surface area contributed by atoms with Crippen LogP contribution in [0.1, 0.15) is 83.9 Å². The Morgan fingerprint density at radius 2 is 1.74 bits per heavy atom. The molecular formula is C26H40N4O. The third-order valence-electron chi connectivity index (χ3n) is 10.7. The fourth-order valence-electron chi connectivity index (χ4n) is 9.41. The van der Waals surface area contributed by atoms with Crippen molar-refractivity contribution in [1.29, 1.82) is 0 Å². The number of carbonyl (C=O) groups excluding carboxylic acids is 1. The highest BCUT2D eigenvalue weighted by Crippen LogP contribution is 2.69. The Balaban J connectivity index is 1.27. The number of hydrogen-bond acceptors (Lipinski definition) is 4. The Hall–Kier alpha value is -1.26. The third-order valence-corrected chi connectivity index (χ3v) is 10.7. The van der Waals surface area contributed by atoms with E-state index in [-0.39, 0.29) is 11.3 Å². The number of tetrazole rings is 1. The molecule has 5 aliphatic carbocycles. The molecule has 9 unspecified atom stereocenters. The van der Waals surface area contributed by atoms with Crippen molar-refractivity contribution in [2.24, 2.45) is 58.7 Å². The fourth-order valence-corrected chi connectivity index (χ4v) is 9.41. The Bertz CT molecular complexity index is 846. The number of aromatic nitrogens is 4. The van der Waals surface area contributed by atoms with Gasteiger partial charge in [0.2, 0.25) is 0 Å². The monoisotopic (exact) mass is 424 g/mol. The van der Waals surface area contributed by atoms with Crippen LogP contribution in [0.4, 0.5) is 0 Å². The smallest absolute Gasteiger partial charge is 0.171 e. The predicted molar refractivity (Wildman–Crippen MR) is 119 cm³/mol. The van der Waals surface area contributed by atoms with Crippen LogP contribution in [0.15, 0.2) is 0 Å². The first-order valence-electron chi connectivity index (χ1n) is 13.2. The Morgan fingerprint density at radius 3 is 2.48 bits per heavy atom. The molecule has 31 heavy (non-hydrogen) atoms. The van der Waals surface area contributed by atoms with Gasteiger partial charge in [-0.1, -0.05) is 20.3 Å². The number of fused-ring (bicyclic) bond motifs is 5. The summed E-state index contributed by atoms with van der Waals surface area (Å²) in [5.41, 5.74) is 0.190. The quantitative estimate of drug-likeness (QED) is 0.675. The summed E-state index contributed by atoms with van der Waals surface area (Å²) in [7, 11) is 0. The molecule has 5 saturated carbocycles. The lowest BCUT2D eigenvalue weighted by Crippen LogP contribution is -2.50. The van der Waals surface area contributed by atoms with Crippen molar-refractivity contribution in [1.82, 2.24) is 20.2 Å². The topological polar surface area (TPSA) is 60.7 Å². The Labute approximate surface area is 187 Å². The van der Waals surface area contributed by atoms with E-state index in [0.717, 1.165) is 53.8 Å². The van der Waals surface area contributed by atoms with Gasteiger partial charge in [-0.2, -0.15) is 4.80 Å². The van der Waals surface area contributed by atoms with Crippen LogP contribution in [0.5, 0.6) is 0 Å². The van der Waals surface area contributed by atoms with Crippen molar-refractivity contribution < 1.29 is 4.79 Å². The van der Waals surface area contributed by atoms with Gasteiger partial charge in [0.1, 0.15) is 6.54 Å². The number of rotatable bonds is 4. The van der Waals surface area contributed by atoms with E-state index < -0.39 is 0 Å². The van der Waals surface area contributed by atoms with Crippen LogP contribution in [0.25, 0.3) is 0 Å². The SMILES string of the molecule is Cc1nnn(CC(=O)C2CC(C3CC3)C3C4CCC5CC(C)CCC5C4CCC23C)n1. The van der Waals surface area contributed by atoms with E-state index >= 15 is 0 Å². The number of ketones is 1. The standard InChI is InChI=1S/C26H40N4O/c1-15-4-8-19-18(12-15)7-9-21-20(19)10-11-26(3)23(13-22(25(21)26)17-5-6-17)24(31)14-30-28-16(2)27-29-30/h15,17-23,25H,4-14H2,1-3H3. The highest BCUT2D eigenvalue weighted by Gasteiger charge is 2.63. The number of carbonyl (C=O) groups is 1. The van der Waals surface area contributed by atoms with Crippen molar-refractivity contribution in [2.45, 2.75) is 91.5 Å². The zero-order chi connectivity index (χ0) is 21.3. The molecule has 6 rings (SSSR count). The zero-order valence-corrected chi connectivity index (χ0v) is 19.7. The molecule has 0 N–H and O–H groups in total. The minimum Gasteiger partial charge on any atom is -0.297 e. The average Bonchev–Trinajstić information content (AvgIpc) is 3.43. The van der Waals surface area contributed by atoms with Gasteiger partial charge in [-0.3, -0.25) is 4.79 Å². The summed E-state index contributed by atoms with van der Waals surface area (Å²) in [5, 5.41) is 12.4. The summed E-state index contributed by atoms with van der Waals surface area (Å²) >= 11 is 0. The van der Waals surface area contributed by atoms with E-state index in [1.807, 2.05) is 6.92 Å². The lowest BCUT2D eigenvalue weighted by atomic mass is 9.48. The van der Waals surface area contributed by atoms with Crippen molar-refractivity contribution >= 4 is 5.78 Å². The fraction of sp³-hybridized carbons (Fsp3) is 0.923. The van der Waals surface area contributed by atoms with E-state index in [4.69, 9.17) is 0 Å². The lowest BCUT2D eigenvalue weighted by molar-refractivity contribution is -0.132. The summed E-state index contributed by atoms with van der Waals surface area (Å²) in [6.07, 6.45) is 13.9. The van der Waals surface area contributed by atoms with Crippen LogP contribution in [0.3, 0.4) is 0 Å². The highest BCUT2D eigenvalue weighted by molar-refractivity contribution is 5.82. The second kappa shape index (κ2) is 7.38. The molecule has 1 aromatic heterocycles. The molecule has 0 saturated heterocycles. The molecule has 0 bridgehead atoms. The van der Waals surface area contributed by atoms with Crippen LogP contribution in [0, 0.1) is 65.6 Å². The molecule has 170 valence electrons. The van der Waals surface area contributed by atoms with Crippen LogP contribution in [0.2, 0.25) is 0 Å². The lowest BCUT2D eigenvalue weighted by Gasteiger charge is -2.57. The second-order valence-corrected chi connectivity index (χ2v) is 12.4. The van der Waals surface area contributed by atoms with Gasteiger partial charge in [-0.05, 0) is 123 Å². The van der Waals surface area contributed by atoms with Crippen LogP contribution >= 0.6 is 0 Å². The minimum absolute atomic E-state index is 0.190. The first-order chi connectivity index (χ1) is 14.9. The van der Waals surface area contributed by atoms with E-state index in [1.54, 1.807) is 0 Å². The van der Waals surface area contributed by atoms with Crippen molar-refractivity contribution in [2.75, 3.05) is 0 Å². The summed E-state index contributed by atoms with van der Waals surface area (Å²) in [6.45, 7) is 7.13. The summed E-state index contributed by atoms with van der Waals surface area (Å²) < 4.78 is 0. The first-order valence-corrected chi connectivity index (χ1v) is 13.2. The van der Waals surface area contributed by atoms with Gasteiger partial charge in [0, 0.05) is 5.92 Å². The van der Waals surface area contributed by atoms with Gasteiger partial charge in [-0.25, -0.2) is 0 Å². The third kappa shape index (κ3) is 3.31. The molecule has 5 heteroatoms. The van der Waals surface area contributed by atoms with Crippen LogP contribution in [-0.4, -0.2) is 26.0 Å². The Morgan fingerprint density at radius 1 is 0.968 bits per heavy atom. The molecule has 0 spiro atoms. The second-order valence-electron chi connectivity index (χ2n) is 12.4. The van der Waals surface area contributed by atoms with Gasteiger partial charge >= 0.3 is 0 Å². The molecule has 0 amide bonds. The molecule has 5 fully saturated rings. The zero-order valence-electron chi connectivity index (χ0n) is 19.7. The molecular weight excluding hydrogens is 384 g/mol. The molecule has 0 aliphatic heterocycles. The van der Waals surface area contributed by atoms with Crippen LogP contribution in [-0.2, 0) is 11.3 Å². The van der Waals surface area contributed by atoms with Crippen LogP contribution < -0.4 is 0 Å².